The third kappa shape index (κ3) is 9.61. The number of carbonyl (C=O) groups is 3. The molecule has 11 nitrogen and oxygen atoms in total. The van der Waals surface area contributed by atoms with E-state index < -0.39 is 77.5 Å². The maximum atomic E-state index is 14.0. The molecule has 0 radical (unpaired) electrons. The number of aromatic nitrogens is 1. The Morgan fingerprint density at radius 1 is 0.938 bits per heavy atom. The molecule has 4 atom stereocenters. The van der Waals surface area contributed by atoms with E-state index in [0.717, 1.165) is 24.4 Å². The fourth-order valence-electron chi connectivity index (χ4n) is 4.71. The monoisotopic (exact) mass is 691 g/mol. The molecule has 5 N–H and O–H groups in total. The van der Waals surface area contributed by atoms with E-state index in [4.69, 9.17) is 20.4 Å². The lowest BCUT2D eigenvalue weighted by molar-refractivity contribution is -0.274. The predicted molar refractivity (Wildman–Crippen MR) is 151 cm³/mol. The second-order valence-electron chi connectivity index (χ2n) is 10.9. The average molecular weight is 692 g/mol. The number of alkyl halides is 6. The van der Waals surface area contributed by atoms with Crippen molar-refractivity contribution in [3.8, 4) is 5.75 Å². The summed E-state index contributed by atoms with van der Waals surface area (Å²) in [6.07, 6.45) is -12.8. The van der Waals surface area contributed by atoms with Crippen molar-refractivity contribution < 1.29 is 70.3 Å². The highest BCUT2D eigenvalue weighted by Gasteiger charge is 2.44. The first-order valence-electron chi connectivity index (χ1n) is 13.7. The zero-order valence-corrected chi connectivity index (χ0v) is 24.8. The van der Waals surface area contributed by atoms with Gasteiger partial charge in [0.15, 0.2) is 12.2 Å². The Balaban J connectivity index is 0.000000542. The van der Waals surface area contributed by atoms with E-state index in [1.807, 2.05) is 0 Å². The van der Waals surface area contributed by atoms with Gasteiger partial charge in [0, 0.05) is 17.4 Å². The lowest BCUT2D eigenvalue weighted by Crippen LogP contribution is -2.47. The van der Waals surface area contributed by atoms with E-state index in [9.17, 15) is 45.1 Å². The Morgan fingerprint density at radius 3 is 1.98 bits per heavy atom. The number of hydrogen-bond donors (Lipinski definition) is 5. The number of rotatable bonds is 9. The second-order valence-corrected chi connectivity index (χ2v) is 10.9. The first-order chi connectivity index (χ1) is 22.1. The number of amides is 1. The zero-order chi connectivity index (χ0) is 36.2. The van der Waals surface area contributed by atoms with Crippen molar-refractivity contribution in [3.05, 3.63) is 89.5 Å². The number of carbonyl (C=O) groups excluding carboxylic acids is 1. The van der Waals surface area contributed by atoms with Crippen LogP contribution in [0.1, 0.15) is 43.1 Å². The summed E-state index contributed by atoms with van der Waals surface area (Å²) >= 11 is 0. The highest BCUT2D eigenvalue weighted by atomic mass is 19.4. The third-order valence-electron chi connectivity index (χ3n) is 7.00. The van der Waals surface area contributed by atoms with Crippen LogP contribution >= 0.6 is 0 Å². The lowest BCUT2D eigenvalue weighted by Gasteiger charge is -2.30. The Bertz CT molecular complexity index is 1580. The summed E-state index contributed by atoms with van der Waals surface area (Å²) < 4.78 is 94.4. The number of ether oxygens (including phenoxy) is 1. The number of halogens is 7. The molecule has 2 unspecified atom stereocenters. The van der Waals surface area contributed by atoms with E-state index in [1.165, 1.54) is 41.3 Å². The molecule has 0 bridgehead atoms. The lowest BCUT2D eigenvalue weighted by atomic mass is 9.93. The van der Waals surface area contributed by atoms with E-state index in [2.05, 4.69) is 15.0 Å². The van der Waals surface area contributed by atoms with Crippen LogP contribution < -0.4 is 15.0 Å². The van der Waals surface area contributed by atoms with E-state index in [0.29, 0.717) is 11.1 Å². The number of aliphatic hydroxyl groups excluding tert-OH is 2. The number of benzene rings is 2. The highest BCUT2D eigenvalue weighted by molar-refractivity contribution is 6.00. The van der Waals surface area contributed by atoms with Crippen molar-refractivity contribution in [1.82, 2.24) is 10.3 Å². The number of pyridine rings is 1. The van der Waals surface area contributed by atoms with Crippen molar-refractivity contribution in [2.45, 2.75) is 62.6 Å². The van der Waals surface area contributed by atoms with Crippen molar-refractivity contribution in [2.75, 3.05) is 4.90 Å². The highest BCUT2D eigenvalue weighted by Crippen LogP contribution is 2.40. The summed E-state index contributed by atoms with van der Waals surface area (Å²) in [7, 11) is 0. The molecule has 1 aliphatic rings. The molecule has 1 saturated heterocycles. The standard InChI is InChI=1S/C26H22F7N3O2.C4H6O6/c1-24(2,16-6-11-22(34-14-16)25(28,29)30)35-20-13-21(15-4-3-5-17(27)12-15)36(23(20)37)18-7-9-19(10-8-18)38-26(31,32)33;5-1(3(7)8)2(6)4(9)10/h3-12,14,20-21,35H,13H2,1-2H3;1-2,5-6H,(H,7,8)(H,9,10)/t20-,21-;/m1./s1. The summed E-state index contributed by atoms with van der Waals surface area (Å²) in [5, 5.41) is 35.7. The first-order valence-corrected chi connectivity index (χ1v) is 13.7. The molecular formula is C30H28F7N3O8. The van der Waals surface area contributed by atoms with E-state index in [-0.39, 0.29) is 12.1 Å². The number of carboxylic acid groups (broad SMARTS) is 2. The fraction of sp³-hybridized carbons (Fsp3) is 0.333. The Kier molecular flexibility index (Phi) is 11.4. The molecule has 4 rings (SSSR count). The Labute approximate surface area is 267 Å². The van der Waals surface area contributed by atoms with E-state index >= 15 is 0 Å². The number of nitrogens with zero attached hydrogens (tertiary/aromatic N) is 2. The molecule has 0 aliphatic carbocycles. The third-order valence-corrected chi connectivity index (χ3v) is 7.00. The van der Waals surface area contributed by atoms with Gasteiger partial charge < -0.3 is 30.1 Å². The number of hydrogen-bond acceptors (Lipinski definition) is 8. The Morgan fingerprint density at radius 2 is 1.52 bits per heavy atom. The quantitative estimate of drug-likeness (QED) is 0.203. The van der Waals surface area contributed by atoms with Crippen LogP contribution in [0.15, 0.2) is 66.9 Å². The van der Waals surface area contributed by atoms with Crippen molar-refractivity contribution >= 4 is 23.5 Å². The van der Waals surface area contributed by atoms with Crippen molar-refractivity contribution in [3.63, 3.8) is 0 Å². The van der Waals surface area contributed by atoms with Gasteiger partial charge in [0.1, 0.15) is 17.3 Å². The number of nitrogens with one attached hydrogen (secondary N) is 1. The van der Waals surface area contributed by atoms with Crippen LogP contribution in [0.2, 0.25) is 0 Å². The normalized spacial score (nSPS) is 18.1. The van der Waals surface area contributed by atoms with Gasteiger partial charge in [0.25, 0.3) is 0 Å². The number of aliphatic hydroxyl groups is 2. The number of aliphatic carboxylic acids is 2. The molecule has 2 heterocycles. The zero-order valence-electron chi connectivity index (χ0n) is 24.8. The van der Waals surface area contributed by atoms with Crippen molar-refractivity contribution in [2.24, 2.45) is 0 Å². The van der Waals surface area contributed by atoms with Crippen molar-refractivity contribution in [1.29, 1.82) is 0 Å². The summed E-state index contributed by atoms with van der Waals surface area (Å²) in [6.45, 7) is 3.35. The molecule has 0 spiro atoms. The summed E-state index contributed by atoms with van der Waals surface area (Å²) in [5.41, 5.74) is -0.925. The molecule has 2 aromatic carbocycles. The van der Waals surface area contributed by atoms with Gasteiger partial charge in [-0.3, -0.25) is 15.1 Å². The molecule has 1 amide bonds. The summed E-state index contributed by atoms with van der Waals surface area (Å²) in [4.78, 5) is 38.0. The molecule has 18 heteroatoms. The number of carboxylic acids is 2. The molecule has 260 valence electrons. The van der Waals surface area contributed by atoms with Gasteiger partial charge >= 0.3 is 24.5 Å². The molecule has 0 saturated carbocycles. The number of anilines is 1. The smallest absolute Gasteiger partial charge is 0.479 e. The van der Waals surface area contributed by atoms with Crippen LogP contribution in [0.4, 0.5) is 36.4 Å². The van der Waals surface area contributed by atoms with Gasteiger partial charge in [0.2, 0.25) is 5.91 Å². The molecular weight excluding hydrogens is 663 g/mol. The van der Waals surface area contributed by atoms with Gasteiger partial charge in [-0.05, 0) is 73.9 Å². The Hall–Kier alpha value is -4.81. The second kappa shape index (κ2) is 14.5. The minimum Gasteiger partial charge on any atom is -0.479 e. The van der Waals surface area contributed by atoms with Gasteiger partial charge in [-0.15, -0.1) is 13.2 Å². The van der Waals surface area contributed by atoms with Crippen LogP contribution in [0.5, 0.6) is 5.75 Å². The van der Waals surface area contributed by atoms with Crippen LogP contribution in [-0.4, -0.2) is 67.9 Å². The van der Waals surface area contributed by atoms with Crippen LogP contribution in [0, 0.1) is 5.82 Å². The van der Waals surface area contributed by atoms with Gasteiger partial charge in [0.05, 0.1) is 12.1 Å². The minimum atomic E-state index is -4.89. The van der Waals surface area contributed by atoms with Crippen LogP contribution in [-0.2, 0) is 26.1 Å². The maximum absolute atomic E-state index is 14.0. The van der Waals surface area contributed by atoms with E-state index in [1.54, 1.807) is 19.9 Å². The molecule has 1 fully saturated rings. The largest absolute Gasteiger partial charge is 0.573 e. The predicted octanol–water partition coefficient (Wildman–Crippen LogP) is 4.39. The van der Waals surface area contributed by atoms with Gasteiger partial charge in [-0.1, -0.05) is 18.2 Å². The summed E-state index contributed by atoms with van der Waals surface area (Å²) in [6, 6.07) is 10.9. The SMILES string of the molecule is CC(C)(N[C@@H]1C[C@H](c2cccc(F)c2)N(c2ccc(OC(F)(F)F)cc2)C1=O)c1ccc(C(F)(F)F)nc1.O=C(O)C(O)C(O)C(=O)O. The van der Waals surface area contributed by atoms with Gasteiger partial charge in [-0.25, -0.2) is 14.0 Å². The van der Waals surface area contributed by atoms with Crippen LogP contribution in [0.3, 0.4) is 0 Å². The van der Waals surface area contributed by atoms with Crippen LogP contribution in [0.25, 0.3) is 0 Å². The maximum Gasteiger partial charge on any atom is 0.573 e. The van der Waals surface area contributed by atoms with Gasteiger partial charge in [-0.2, -0.15) is 13.2 Å². The molecule has 48 heavy (non-hydrogen) atoms. The summed E-state index contributed by atoms with van der Waals surface area (Å²) in [5.74, 6) is -4.99. The first kappa shape index (κ1) is 37.6. The fourth-order valence-corrected chi connectivity index (χ4v) is 4.71. The molecule has 3 aromatic rings. The topological polar surface area (TPSA) is 170 Å². The average Bonchev–Trinajstić information content (AvgIpc) is 3.30. The minimum absolute atomic E-state index is 0.153. The molecule has 1 aliphatic heterocycles. The molecule has 1 aromatic heterocycles.